The van der Waals surface area contributed by atoms with Gasteiger partial charge in [-0.25, -0.2) is 4.68 Å². The molecule has 1 aromatic heterocycles. The number of rotatable bonds is 8. The largest absolute Gasteiger partial charge is 0.480 e. The molecule has 8 heteroatoms. The van der Waals surface area contributed by atoms with Crippen LogP contribution in [-0.2, 0) is 27.4 Å². The number of hydrogen-bond donors (Lipinski definition) is 2. The standard InChI is InChI=1S/C13H20N4O4/c1-2-21-11-3-9(4-11)5-12(18)14-6-10-7-17(16-15-10)8-13(19)20/h7,9,11H,2-6,8H2,1H3,(H,14,18)(H,19,20). The first kappa shape index (κ1) is 15.4. The highest BCUT2D eigenvalue weighted by Gasteiger charge is 2.30. The Balaban J connectivity index is 1.65. The molecule has 21 heavy (non-hydrogen) atoms. The van der Waals surface area contributed by atoms with Crippen LogP contribution in [0.5, 0.6) is 0 Å². The van der Waals surface area contributed by atoms with E-state index in [1.165, 1.54) is 10.9 Å². The Hall–Kier alpha value is -1.96. The molecule has 2 rings (SSSR count). The molecule has 0 radical (unpaired) electrons. The van der Waals surface area contributed by atoms with Gasteiger partial charge in [0.15, 0.2) is 0 Å². The van der Waals surface area contributed by atoms with Crippen LogP contribution in [0.2, 0.25) is 0 Å². The molecule has 0 aromatic carbocycles. The van der Waals surface area contributed by atoms with Crippen molar-refractivity contribution in [2.24, 2.45) is 5.92 Å². The number of carboxylic acids is 1. The van der Waals surface area contributed by atoms with E-state index in [0.29, 0.717) is 24.1 Å². The molecule has 0 aliphatic heterocycles. The van der Waals surface area contributed by atoms with Crippen molar-refractivity contribution in [3.05, 3.63) is 11.9 Å². The molecule has 0 saturated heterocycles. The van der Waals surface area contributed by atoms with Crippen molar-refractivity contribution in [1.82, 2.24) is 20.3 Å². The van der Waals surface area contributed by atoms with Crippen LogP contribution >= 0.6 is 0 Å². The van der Waals surface area contributed by atoms with Gasteiger partial charge >= 0.3 is 5.97 Å². The van der Waals surface area contributed by atoms with Gasteiger partial charge in [0.05, 0.1) is 18.8 Å². The number of ether oxygens (including phenoxy) is 1. The first-order chi connectivity index (χ1) is 10.1. The molecule has 1 aliphatic rings. The first-order valence-electron chi connectivity index (χ1n) is 7.06. The number of carboxylic acid groups (broad SMARTS) is 1. The summed E-state index contributed by atoms with van der Waals surface area (Å²) in [6.07, 6.45) is 4.20. The lowest BCUT2D eigenvalue weighted by molar-refractivity contribution is -0.138. The van der Waals surface area contributed by atoms with E-state index in [-0.39, 0.29) is 19.0 Å². The number of aliphatic carboxylic acids is 1. The van der Waals surface area contributed by atoms with Crippen molar-refractivity contribution in [1.29, 1.82) is 0 Å². The second kappa shape index (κ2) is 7.16. The average molecular weight is 296 g/mol. The smallest absolute Gasteiger partial charge is 0.325 e. The van der Waals surface area contributed by atoms with Gasteiger partial charge in [-0.3, -0.25) is 9.59 Å². The van der Waals surface area contributed by atoms with Crippen molar-refractivity contribution < 1.29 is 19.4 Å². The van der Waals surface area contributed by atoms with Crippen LogP contribution in [0, 0.1) is 5.92 Å². The Labute approximate surface area is 122 Å². The molecule has 2 N–H and O–H groups in total. The normalized spacial score (nSPS) is 20.8. The van der Waals surface area contributed by atoms with Crippen LogP contribution in [0.15, 0.2) is 6.20 Å². The number of hydrogen-bond acceptors (Lipinski definition) is 5. The highest BCUT2D eigenvalue weighted by Crippen LogP contribution is 2.32. The predicted octanol–water partition coefficient (Wildman–Crippen LogP) is 0.184. The minimum atomic E-state index is -0.982. The quantitative estimate of drug-likeness (QED) is 0.709. The zero-order chi connectivity index (χ0) is 15.2. The fourth-order valence-corrected chi connectivity index (χ4v) is 2.37. The van der Waals surface area contributed by atoms with E-state index in [4.69, 9.17) is 9.84 Å². The molecule has 0 bridgehead atoms. The van der Waals surface area contributed by atoms with Crippen LogP contribution in [0.4, 0.5) is 0 Å². The maximum Gasteiger partial charge on any atom is 0.325 e. The van der Waals surface area contributed by atoms with Gasteiger partial charge in [-0.2, -0.15) is 0 Å². The molecule has 0 atom stereocenters. The fraction of sp³-hybridized carbons (Fsp3) is 0.692. The Bertz CT molecular complexity index is 496. The van der Waals surface area contributed by atoms with Gasteiger partial charge in [0.2, 0.25) is 5.91 Å². The summed E-state index contributed by atoms with van der Waals surface area (Å²) in [5.41, 5.74) is 0.547. The van der Waals surface area contributed by atoms with E-state index in [0.717, 1.165) is 19.4 Å². The van der Waals surface area contributed by atoms with Gasteiger partial charge < -0.3 is 15.2 Å². The molecule has 1 aliphatic carbocycles. The molecule has 1 amide bonds. The second-order valence-corrected chi connectivity index (χ2v) is 5.20. The molecule has 1 heterocycles. The maximum atomic E-state index is 11.8. The van der Waals surface area contributed by atoms with Crippen molar-refractivity contribution >= 4 is 11.9 Å². The van der Waals surface area contributed by atoms with Crippen molar-refractivity contribution in [3.8, 4) is 0 Å². The fourth-order valence-electron chi connectivity index (χ4n) is 2.37. The average Bonchev–Trinajstić information content (AvgIpc) is 2.80. The van der Waals surface area contributed by atoms with E-state index in [1.54, 1.807) is 0 Å². The minimum Gasteiger partial charge on any atom is -0.480 e. The Morgan fingerprint density at radius 1 is 1.52 bits per heavy atom. The van der Waals surface area contributed by atoms with E-state index in [2.05, 4.69) is 15.6 Å². The zero-order valence-corrected chi connectivity index (χ0v) is 12.0. The Morgan fingerprint density at radius 3 is 2.95 bits per heavy atom. The topological polar surface area (TPSA) is 106 Å². The summed E-state index contributed by atoms with van der Waals surface area (Å²) in [7, 11) is 0. The first-order valence-corrected chi connectivity index (χ1v) is 7.06. The van der Waals surface area contributed by atoms with Crippen LogP contribution in [0.3, 0.4) is 0 Å². The summed E-state index contributed by atoms with van der Waals surface area (Å²) < 4.78 is 6.68. The second-order valence-electron chi connectivity index (χ2n) is 5.20. The van der Waals surface area contributed by atoms with E-state index in [9.17, 15) is 9.59 Å². The summed E-state index contributed by atoms with van der Waals surface area (Å²) in [4.78, 5) is 22.3. The summed E-state index contributed by atoms with van der Waals surface area (Å²) in [5.74, 6) is -0.615. The summed E-state index contributed by atoms with van der Waals surface area (Å²) in [6, 6.07) is 0. The Kier molecular flexibility index (Phi) is 5.26. The molecule has 0 spiro atoms. The van der Waals surface area contributed by atoms with Crippen molar-refractivity contribution in [2.45, 2.75) is 45.4 Å². The van der Waals surface area contributed by atoms with Crippen LogP contribution in [0.1, 0.15) is 31.9 Å². The number of aromatic nitrogens is 3. The third kappa shape index (κ3) is 4.82. The molecule has 8 nitrogen and oxygen atoms in total. The van der Waals surface area contributed by atoms with Crippen LogP contribution < -0.4 is 5.32 Å². The van der Waals surface area contributed by atoms with Gasteiger partial charge in [0.1, 0.15) is 12.2 Å². The molecule has 0 unspecified atom stereocenters. The number of carbonyl (C=O) groups excluding carboxylic acids is 1. The predicted molar refractivity (Wildman–Crippen MR) is 72.3 cm³/mol. The molecular formula is C13H20N4O4. The van der Waals surface area contributed by atoms with Gasteiger partial charge in [0.25, 0.3) is 0 Å². The van der Waals surface area contributed by atoms with Gasteiger partial charge in [-0.1, -0.05) is 5.21 Å². The molecule has 1 aromatic rings. The highest BCUT2D eigenvalue weighted by atomic mass is 16.5. The summed E-state index contributed by atoms with van der Waals surface area (Å²) in [6.45, 7) is 2.72. The van der Waals surface area contributed by atoms with Gasteiger partial charge in [-0.15, -0.1) is 5.10 Å². The third-order valence-corrected chi connectivity index (χ3v) is 3.42. The van der Waals surface area contributed by atoms with Crippen LogP contribution in [-0.4, -0.2) is 44.7 Å². The van der Waals surface area contributed by atoms with Crippen LogP contribution in [0.25, 0.3) is 0 Å². The lowest BCUT2D eigenvalue weighted by atomic mass is 9.80. The SMILES string of the molecule is CCOC1CC(CC(=O)NCc2cn(CC(=O)O)nn2)C1. The van der Waals surface area contributed by atoms with E-state index >= 15 is 0 Å². The number of nitrogens with zero attached hydrogens (tertiary/aromatic N) is 3. The molecule has 1 saturated carbocycles. The minimum absolute atomic E-state index is 0.0252. The van der Waals surface area contributed by atoms with Crippen molar-refractivity contribution in [3.63, 3.8) is 0 Å². The monoisotopic (exact) mass is 296 g/mol. The lowest BCUT2D eigenvalue weighted by Gasteiger charge is -2.34. The molecule has 116 valence electrons. The maximum absolute atomic E-state index is 11.8. The summed E-state index contributed by atoms with van der Waals surface area (Å²) in [5, 5.41) is 18.9. The Morgan fingerprint density at radius 2 is 2.29 bits per heavy atom. The van der Waals surface area contributed by atoms with Crippen molar-refractivity contribution in [2.75, 3.05) is 6.61 Å². The van der Waals surface area contributed by atoms with E-state index in [1.807, 2.05) is 6.92 Å². The highest BCUT2D eigenvalue weighted by molar-refractivity contribution is 5.76. The summed E-state index contributed by atoms with van der Waals surface area (Å²) >= 11 is 0. The molecular weight excluding hydrogens is 276 g/mol. The number of carbonyl (C=O) groups is 2. The van der Waals surface area contributed by atoms with E-state index < -0.39 is 5.97 Å². The van der Waals surface area contributed by atoms with Gasteiger partial charge in [-0.05, 0) is 25.7 Å². The third-order valence-electron chi connectivity index (χ3n) is 3.42. The lowest BCUT2D eigenvalue weighted by Crippen LogP contribution is -2.35. The zero-order valence-electron chi connectivity index (χ0n) is 12.0. The number of nitrogens with one attached hydrogen (secondary N) is 1. The van der Waals surface area contributed by atoms with Gasteiger partial charge in [0, 0.05) is 13.0 Å². The molecule has 1 fully saturated rings. The number of amides is 1.